The molecular weight excluding hydrogens is 273 g/mol. The molecule has 1 heterocycles. The van der Waals surface area contributed by atoms with Crippen molar-refractivity contribution in [2.45, 2.75) is 19.2 Å². The van der Waals surface area contributed by atoms with Gasteiger partial charge in [-0.05, 0) is 47.7 Å². The van der Waals surface area contributed by atoms with Crippen LogP contribution < -0.4 is 4.90 Å². The fourth-order valence-corrected chi connectivity index (χ4v) is 3.06. The van der Waals surface area contributed by atoms with Crippen LogP contribution in [0.4, 0.5) is 15.8 Å². The zero-order valence-corrected chi connectivity index (χ0v) is 12.2. The van der Waals surface area contributed by atoms with E-state index in [-0.39, 0.29) is 5.82 Å². The van der Waals surface area contributed by atoms with E-state index in [1.54, 1.807) is 6.07 Å². The van der Waals surface area contributed by atoms with Gasteiger partial charge >= 0.3 is 0 Å². The van der Waals surface area contributed by atoms with Crippen LogP contribution in [-0.2, 0) is 12.3 Å². The van der Waals surface area contributed by atoms with Crippen LogP contribution >= 0.6 is 11.6 Å². The Morgan fingerprint density at radius 3 is 2.85 bits per heavy atom. The normalized spacial score (nSPS) is 17.9. The van der Waals surface area contributed by atoms with E-state index in [4.69, 9.17) is 11.6 Å². The molecule has 0 saturated heterocycles. The Morgan fingerprint density at radius 1 is 1.25 bits per heavy atom. The highest BCUT2D eigenvalue weighted by molar-refractivity contribution is 6.17. The van der Waals surface area contributed by atoms with Crippen LogP contribution in [0.1, 0.15) is 18.1 Å². The molecule has 0 bridgehead atoms. The highest BCUT2D eigenvalue weighted by Gasteiger charge is 2.23. The molecule has 1 aliphatic heterocycles. The van der Waals surface area contributed by atoms with Crippen LogP contribution in [0.5, 0.6) is 0 Å². The molecule has 0 N–H and O–H groups in total. The second-order valence-corrected chi connectivity index (χ2v) is 5.77. The summed E-state index contributed by atoms with van der Waals surface area (Å²) in [5.41, 5.74) is 4.21. The van der Waals surface area contributed by atoms with Crippen molar-refractivity contribution in [2.24, 2.45) is 5.92 Å². The molecule has 0 radical (unpaired) electrons. The number of hydrogen-bond acceptors (Lipinski definition) is 1. The second-order valence-electron chi connectivity index (χ2n) is 5.50. The Bertz CT molecular complexity index is 626. The Labute approximate surface area is 124 Å². The van der Waals surface area contributed by atoms with Crippen molar-refractivity contribution in [2.75, 3.05) is 11.4 Å². The lowest BCUT2D eigenvalue weighted by molar-refractivity contribution is 0.560. The van der Waals surface area contributed by atoms with Gasteiger partial charge in [-0.2, -0.15) is 0 Å². The lowest BCUT2D eigenvalue weighted by atomic mass is 9.93. The van der Waals surface area contributed by atoms with Crippen molar-refractivity contribution in [3.63, 3.8) is 0 Å². The average molecular weight is 290 g/mol. The first-order chi connectivity index (χ1) is 9.67. The van der Waals surface area contributed by atoms with E-state index in [0.717, 1.165) is 24.2 Å². The molecule has 0 saturated carbocycles. The summed E-state index contributed by atoms with van der Waals surface area (Å²) in [6.07, 6.45) is 1.07. The fraction of sp³-hybridized carbons (Fsp3) is 0.294. The number of benzene rings is 2. The third-order valence-corrected chi connectivity index (χ3v) is 4.06. The Morgan fingerprint density at radius 2 is 2.05 bits per heavy atom. The largest absolute Gasteiger partial charge is 0.341 e. The van der Waals surface area contributed by atoms with Gasteiger partial charge in [0.05, 0.1) is 0 Å². The van der Waals surface area contributed by atoms with Crippen LogP contribution in [0, 0.1) is 11.7 Å². The molecule has 0 spiro atoms. The first kappa shape index (κ1) is 13.4. The first-order valence-corrected chi connectivity index (χ1v) is 7.41. The van der Waals surface area contributed by atoms with Crippen LogP contribution in [0.15, 0.2) is 42.5 Å². The van der Waals surface area contributed by atoms with Crippen molar-refractivity contribution in [3.8, 4) is 0 Å². The fourth-order valence-electron chi connectivity index (χ4n) is 2.91. The topological polar surface area (TPSA) is 3.24 Å². The molecule has 0 fully saturated rings. The number of nitrogens with zero attached hydrogens (tertiary/aromatic N) is 1. The molecule has 1 nitrogen and oxygen atoms in total. The number of rotatable bonds is 2. The first-order valence-electron chi connectivity index (χ1n) is 6.88. The highest BCUT2D eigenvalue weighted by Crippen LogP contribution is 2.35. The summed E-state index contributed by atoms with van der Waals surface area (Å²) in [6.45, 7) is 3.13. The summed E-state index contributed by atoms with van der Waals surface area (Å²) >= 11 is 5.85. The summed E-state index contributed by atoms with van der Waals surface area (Å²) < 4.78 is 13.8. The molecule has 1 unspecified atom stereocenters. The minimum Gasteiger partial charge on any atom is -0.341 e. The molecule has 2 aromatic carbocycles. The van der Waals surface area contributed by atoms with Crippen LogP contribution in [-0.4, -0.2) is 6.54 Å². The number of anilines is 2. The van der Waals surface area contributed by atoms with E-state index in [1.807, 2.05) is 12.1 Å². The van der Waals surface area contributed by atoms with E-state index in [0.29, 0.717) is 11.8 Å². The van der Waals surface area contributed by atoms with E-state index in [1.165, 1.54) is 17.3 Å². The van der Waals surface area contributed by atoms with Crippen molar-refractivity contribution in [1.29, 1.82) is 0 Å². The van der Waals surface area contributed by atoms with Gasteiger partial charge in [-0.25, -0.2) is 4.39 Å². The summed E-state index contributed by atoms with van der Waals surface area (Å²) in [7, 11) is 0. The predicted molar refractivity (Wildman–Crippen MR) is 82.3 cm³/mol. The van der Waals surface area contributed by atoms with Gasteiger partial charge in [-0.15, -0.1) is 11.6 Å². The summed E-state index contributed by atoms with van der Waals surface area (Å²) in [5, 5.41) is 0. The summed E-state index contributed by atoms with van der Waals surface area (Å²) in [6, 6.07) is 13.4. The van der Waals surface area contributed by atoms with Crippen LogP contribution in [0.3, 0.4) is 0 Å². The molecule has 3 rings (SSSR count). The SMILES string of the molecule is CC1Cc2ccccc2N(c2cc(F)cc(CCl)c2)C1. The van der Waals surface area contributed by atoms with Gasteiger partial charge in [0.2, 0.25) is 0 Å². The molecular formula is C17H17ClFN. The Balaban J connectivity index is 2.08. The van der Waals surface area contributed by atoms with Crippen LogP contribution in [0.2, 0.25) is 0 Å². The van der Waals surface area contributed by atoms with Crippen molar-refractivity contribution in [1.82, 2.24) is 0 Å². The van der Waals surface area contributed by atoms with Gasteiger partial charge in [0, 0.05) is 23.8 Å². The molecule has 0 aliphatic carbocycles. The minimum atomic E-state index is -0.228. The average Bonchev–Trinajstić information content (AvgIpc) is 2.45. The lowest BCUT2D eigenvalue weighted by Crippen LogP contribution is -2.30. The third kappa shape index (κ3) is 2.53. The molecule has 3 heteroatoms. The van der Waals surface area contributed by atoms with Gasteiger partial charge in [0.25, 0.3) is 0 Å². The maximum Gasteiger partial charge on any atom is 0.125 e. The minimum absolute atomic E-state index is 0.228. The molecule has 1 aliphatic rings. The van der Waals surface area contributed by atoms with E-state index < -0.39 is 0 Å². The monoisotopic (exact) mass is 289 g/mol. The number of hydrogen-bond donors (Lipinski definition) is 0. The number of alkyl halides is 1. The quantitative estimate of drug-likeness (QED) is 0.711. The summed E-state index contributed by atoms with van der Waals surface area (Å²) in [5.74, 6) is 0.650. The number of para-hydroxylation sites is 1. The number of halogens is 2. The zero-order chi connectivity index (χ0) is 14.1. The van der Waals surface area contributed by atoms with Crippen molar-refractivity contribution < 1.29 is 4.39 Å². The maximum absolute atomic E-state index is 13.8. The zero-order valence-electron chi connectivity index (χ0n) is 11.4. The lowest BCUT2D eigenvalue weighted by Gasteiger charge is -2.35. The molecule has 0 amide bonds. The van der Waals surface area contributed by atoms with Crippen molar-refractivity contribution >= 4 is 23.0 Å². The summed E-state index contributed by atoms with van der Waals surface area (Å²) in [4.78, 5) is 2.20. The van der Waals surface area contributed by atoms with Gasteiger partial charge in [-0.3, -0.25) is 0 Å². The van der Waals surface area contributed by atoms with Gasteiger partial charge < -0.3 is 4.90 Å². The predicted octanol–water partition coefficient (Wildman–Crippen LogP) is 4.89. The smallest absolute Gasteiger partial charge is 0.125 e. The molecule has 20 heavy (non-hydrogen) atoms. The standard InChI is InChI=1S/C17H17ClFN/c1-12-6-14-4-2-3-5-17(14)20(11-12)16-8-13(10-18)7-15(19)9-16/h2-5,7-9,12H,6,10-11H2,1H3. The molecule has 2 aromatic rings. The van der Waals surface area contributed by atoms with Gasteiger partial charge in [0.15, 0.2) is 0 Å². The number of fused-ring (bicyclic) bond motifs is 1. The maximum atomic E-state index is 13.8. The Kier molecular flexibility index (Phi) is 3.66. The van der Waals surface area contributed by atoms with Gasteiger partial charge in [-0.1, -0.05) is 25.1 Å². The molecule has 1 atom stereocenters. The Hall–Kier alpha value is -1.54. The van der Waals surface area contributed by atoms with Crippen LogP contribution in [0.25, 0.3) is 0 Å². The second kappa shape index (κ2) is 5.45. The van der Waals surface area contributed by atoms with Gasteiger partial charge in [0.1, 0.15) is 5.82 Å². The molecule has 0 aromatic heterocycles. The highest BCUT2D eigenvalue weighted by atomic mass is 35.5. The van der Waals surface area contributed by atoms with E-state index in [9.17, 15) is 4.39 Å². The third-order valence-electron chi connectivity index (χ3n) is 3.75. The molecule has 104 valence electrons. The van der Waals surface area contributed by atoms with Crippen molar-refractivity contribution in [3.05, 3.63) is 59.4 Å². The van der Waals surface area contributed by atoms with E-state index in [2.05, 4.69) is 30.0 Å². The van der Waals surface area contributed by atoms with E-state index >= 15 is 0 Å².